The number of esters is 2. The van der Waals surface area contributed by atoms with Crippen LogP contribution in [0.4, 0.5) is 0 Å². The second kappa shape index (κ2) is 17.8. The van der Waals surface area contributed by atoms with Gasteiger partial charge in [-0.3, -0.25) is 21.1 Å². The average molecular weight is 709 g/mol. The summed E-state index contributed by atoms with van der Waals surface area (Å²) in [5, 5.41) is 5.78. The largest absolute Gasteiger partial charge is 0.497 e. The van der Waals surface area contributed by atoms with Gasteiger partial charge < -0.3 is 29.6 Å². The molecule has 0 aromatic heterocycles. The Morgan fingerprint density at radius 1 is 0.577 bits per heavy atom. The summed E-state index contributed by atoms with van der Waals surface area (Å²) in [6.45, 7) is 3.65. The summed E-state index contributed by atoms with van der Waals surface area (Å²) in [6, 6.07) is 33.4. The fourth-order valence-corrected chi connectivity index (χ4v) is 5.62. The second-order valence-electron chi connectivity index (χ2n) is 12.5. The third-order valence-electron chi connectivity index (χ3n) is 8.41. The van der Waals surface area contributed by atoms with E-state index in [0.717, 1.165) is 34.4 Å². The highest BCUT2D eigenvalue weighted by Gasteiger charge is 2.33. The SMILES string of the molecule is COc1ccc(C(C)(Cc2ccccc2)NC(=O)C(N)OC(=O)/C=C\C(=O)OC(N)C(=O)NC(C)(Cc2ccccc2)c2ccc(OC)cc2)cc1. The van der Waals surface area contributed by atoms with Gasteiger partial charge in [0.25, 0.3) is 11.8 Å². The summed E-state index contributed by atoms with van der Waals surface area (Å²) >= 11 is 0. The van der Waals surface area contributed by atoms with Gasteiger partial charge in [0.15, 0.2) is 0 Å². The predicted octanol–water partition coefficient (Wildman–Crippen LogP) is 3.76. The molecule has 12 heteroatoms. The van der Waals surface area contributed by atoms with Crippen LogP contribution in [0.1, 0.15) is 36.1 Å². The first-order valence-electron chi connectivity index (χ1n) is 16.5. The summed E-state index contributed by atoms with van der Waals surface area (Å²) in [7, 11) is 3.11. The molecule has 4 aromatic rings. The minimum Gasteiger partial charge on any atom is -0.497 e. The van der Waals surface area contributed by atoms with E-state index < -0.39 is 47.3 Å². The van der Waals surface area contributed by atoms with E-state index in [-0.39, 0.29) is 0 Å². The monoisotopic (exact) mass is 708 g/mol. The molecule has 0 spiro atoms. The van der Waals surface area contributed by atoms with Gasteiger partial charge in [-0.05, 0) is 73.2 Å². The molecule has 52 heavy (non-hydrogen) atoms. The summed E-state index contributed by atoms with van der Waals surface area (Å²) in [6.07, 6.45) is -1.17. The maximum atomic E-state index is 13.2. The van der Waals surface area contributed by atoms with E-state index in [1.54, 1.807) is 38.5 Å². The lowest BCUT2D eigenvalue weighted by Gasteiger charge is -2.33. The van der Waals surface area contributed by atoms with E-state index >= 15 is 0 Å². The van der Waals surface area contributed by atoms with Gasteiger partial charge >= 0.3 is 11.9 Å². The molecule has 0 radical (unpaired) electrons. The lowest BCUT2D eigenvalue weighted by molar-refractivity contribution is -0.153. The van der Waals surface area contributed by atoms with Crippen molar-refractivity contribution in [2.75, 3.05) is 14.2 Å². The molecule has 4 aromatic carbocycles. The Morgan fingerprint density at radius 2 is 0.904 bits per heavy atom. The van der Waals surface area contributed by atoms with Gasteiger partial charge in [0.2, 0.25) is 12.5 Å². The first kappa shape index (κ1) is 38.8. The summed E-state index contributed by atoms with van der Waals surface area (Å²) in [5.41, 5.74) is 13.4. The highest BCUT2D eigenvalue weighted by molar-refractivity contribution is 5.94. The van der Waals surface area contributed by atoms with Crippen LogP contribution >= 0.6 is 0 Å². The van der Waals surface area contributed by atoms with Crippen LogP contribution in [-0.2, 0) is 52.6 Å². The van der Waals surface area contributed by atoms with Crippen LogP contribution in [-0.4, -0.2) is 50.4 Å². The third kappa shape index (κ3) is 10.8. The predicted molar refractivity (Wildman–Crippen MR) is 195 cm³/mol. The number of hydrogen-bond donors (Lipinski definition) is 4. The summed E-state index contributed by atoms with van der Waals surface area (Å²) in [5.74, 6) is -2.45. The fraction of sp³-hybridized carbons (Fsp3) is 0.250. The van der Waals surface area contributed by atoms with Crippen molar-refractivity contribution >= 4 is 23.8 Å². The molecule has 0 aliphatic rings. The van der Waals surface area contributed by atoms with Crippen LogP contribution in [0, 0.1) is 0 Å². The first-order valence-corrected chi connectivity index (χ1v) is 16.5. The number of nitrogens with two attached hydrogens (primary N) is 2. The van der Waals surface area contributed by atoms with Crippen LogP contribution < -0.4 is 31.6 Å². The highest BCUT2D eigenvalue weighted by Crippen LogP contribution is 2.29. The van der Waals surface area contributed by atoms with Crippen molar-refractivity contribution in [3.05, 3.63) is 144 Å². The van der Waals surface area contributed by atoms with Crippen LogP contribution in [0.3, 0.4) is 0 Å². The van der Waals surface area contributed by atoms with Crippen molar-refractivity contribution < 1.29 is 38.1 Å². The number of rotatable bonds is 16. The van der Waals surface area contributed by atoms with Gasteiger partial charge in [0.1, 0.15) is 11.5 Å². The zero-order valence-electron chi connectivity index (χ0n) is 29.5. The molecule has 0 heterocycles. The molecule has 0 bridgehead atoms. The van der Waals surface area contributed by atoms with Gasteiger partial charge in [0.05, 0.1) is 25.3 Å². The van der Waals surface area contributed by atoms with E-state index in [1.165, 1.54) is 0 Å². The van der Waals surface area contributed by atoms with Gasteiger partial charge in [0, 0.05) is 12.2 Å². The molecule has 0 saturated heterocycles. The minimum atomic E-state index is -1.71. The van der Waals surface area contributed by atoms with E-state index in [4.69, 9.17) is 30.4 Å². The lowest BCUT2D eigenvalue weighted by atomic mass is 9.85. The Kier molecular flexibility index (Phi) is 13.3. The zero-order chi connectivity index (χ0) is 37.7. The normalized spacial score (nSPS) is 14.5. The molecule has 4 unspecified atom stereocenters. The van der Waals surface area contributed by atoms with Crippen molar-refractivity contribution in [3.63, 3.8) is 0 Å². The number of carbonyl (C=O) groups excluding carboxylic acids is 4. The Hall–Kier alpha value is -5.98. The van der Waals surface area contributed by atoms with Gasteiger partial charge in [-0.1, -0.05) is 84.9 Å². The molecule has 4 rings (SSSR count). The maximum absolute atomic E-state index is 13.2. The maximum Gasteiger partial charge on any atom is 0.333 e. The van der Waals surface area contributed by atoms with E-state index in [9.17, 15) is 19.2 Å². The van der Waals surface area contributed by atoms with Crippen molar-refractivity contribution in [2.24, 2.45) is 11.5 Å². The number of hydrogen-bond acceptors (Lipinski definition) is 10. The van der Waals surface area contributed by atoms with Gasteiger partial charge in [-0.25, -0.2) is 9.59 Å². The van der Waals surface area contributed by atoms with Crippen LogP contribution in [0.25, 0.3) is 0 Å². The molecule has 0 fully saturated rings. The van der Waals surface area contributed by atoms with Crippen molar-refractivity contribution in [3.8, 4) is 11.5 Å². The second-order valence-corrected chi connectivity index (χ2v) is 12.5. The number of amides is 2. The standard InChI is InChI=1S/C40H44N4O8/c1-39(25-27-11-7-5-8-12-27,29-15-19-31(49-3)20-16-29)43-37(47)35(41)51-33(45)23-24-34(46)52-36(42)38(48)44-40(2,26-28-13-9-6-10-14-28)30-17-21-32(50-4)22-18-30/h5-24,35-36H,25-26,41-42H2,1-4H3,(H,43,47)(H,44,48)/b24-23-. The van der Waals surface area contributed by atoms with Gasteiger partial charge in [-0.2, -0.15) is 0 Å². The number of nitrogens with one attached hydrogen (secondary N) is 2. The molecular weight excluding hydrogens is 664 g/mol. The Balaban J connectivity index is 1.36. The van der Waals surface area contributed by atoms with Crippen molar-refractivity contribution in [1.82, 2.24) is 10.6 Å². The highest BCUT2D eigenvalue weighted by atomic mass is 16.6. The first-order chi connectivity index (χ1) is 24.8. The smallest absolute Gasteiger partial charge is 0.333 e. The zero-order valence-corrected chi connectivity index (χ0v) is 29.5. The van der Waals surface area contributed by atoms with Crippen molar-refractivity contribution in [1.29, 1.82) is 0 Å². The number of benzene rings is 4. The van der Waals surface area contributed by atoms with Crippen molar-refractivity contribution in [2.45, 2.75) is 50.2 Å². The van der Waals surface area contributed by atoms with E-state index in [1.807, 2.05) is 98.8 Å². The number of carbonyl (C=O) groups is 4. The average Bonchev–Trinajstić information content (AvgIpc) is 3.14. The molecule has 272 valence electrons. The minimum absolute atomic E-state index is 0.400. The van der Waals surface area contributed by atoms with Crippen LogP contribution in [0.5, 0.6) is 11.5 Å². The Bertz CT molecular complexity index is 1700. The summed E-state index contributed by atoms with van der Waals surface area (Å²) in [4.78, 5) is 51.4. The molecule has 6 N–H and O–H groups in total. The topological polar surface area (TPSA) is 181 Å². The van der Waals surface area contributed by atoms with E-state index in [2.05, 4.69) is 10.6 Å². The lowest BCUT2D eigenvalue weighted by Crippen LogP contribution is -2.52. The van der Waals surface area contributed by atoms with E-state index in [0.29, 0.717) is 24.3 Å². The molecule has 2 amide bonds. The van der Waals surface area contributed by atoms with Crippen LogP contribution in [0.2, 0.25) is 0 Å². The third-order valence-corrected chi connectivity index (χ3v) is 8.41. The molecule has 0 saturated carbocycles. The number of ether oxygens (including phenoxy) is 4. The quantitative estimate of drug-likeness (QED) is 0.0760. The Morgan fingerprint density at radius 3 is 1.21 bits per heavy atom. The van der Waals surface area contributed by atoms with Crippen LogP contribution in [0.15, 0.2) is 121 Å². The Labute approximate surface area is 303 Å². The fourth-order valence-electron chi connectivity index (χ4n) is 5.62. The molecule has 12 nitrogen and oxygen atoms in total. The summed E-state index contributed by atoms with van der Waals surface area (Å²) < 4.78 is 20.7. The molecule has 0 aliphatic carbocycles. The van der Waals surface area contributed by atoms with Gasteiger partial charge in [-0.15, -0.1) is 0 Å². The molecule has 0 aliphatic heterocycles. The number of methoxy groups -OCH3 is 2. The molecular formula is C40H44N4O8. The molecule has 4 atom stereocenters.